The fourth-order valence-corrected chi connectivity index (χ4v) is 4.54. The maximum absolute atomic E-state index is 4.54. The molecule has 1 unspecified atom stereocenters. The van der Waals surface area contributed by atoms with Crippen LogP contribution in [0.2, 0.25) is 0 Å². The number of aromatic nitrogens is 2. The molecule has 4 nitrogen and oxygen atoms in total. The maximum Gasteiger partial charge on any atom is 0.142 e. The molecule has 1 atom stereocenters. The normalized spacial score (nSPS) is 16.9. The summed E-state index contributed by atoms with van der Waals surface area (Å²) in [6, 6.07) is 8.44. The lowest BCUT2D eigenvalue weighted by atomic mass is 9.88. The molecule has 1 aromatic carbocycles. The summed E-state index contributed by atoms with van der Waals surface area (Å²) in [5.74, 6) is 1.67. The number of rotatable bonds is 3. The van der Waals surface area contributed by atoms with Gasteiger partial charge in [-0.1, -0.05) is 6.92 Å². The Labute approximate surface area is 146 Å². The number of thiophene rings is 1. The molecule has 0 aliphatic heterocycles. The third kappa shape index (κ3) is 2.73. The maximum atomic E-state index is 4.54. The summed E-state index contributed by atoms with van der Waals surface area (Å²) in [5.41, 5.74) is 3.71. The van der Waals surface area contributed by atoms with E-state index in [0.717, 1.165) is 28.7 Å². The molecule has 0 bridgehead atoms. The van der Waals surface area contributed by atoms with Gasteiger partial charge in [0.2, 0.25) is 0 Å². The zero-order chi connectivity index (χ0) is 16.7. The third-order valence-corrected chi connectivity index (χ3v) is 5.93. The number of hydrogen-bond donors (Lipinski definition) is 1. The molecule has 1 aliphatic carbocycles. The van der Waals surface area contributed by atoms with Gasteiger partial charge in [-0.05, 0) is 55.0 Å². The van der Waals surface area contributed by atoms with Crippen LogP contribution in [-0.4, -0.2) is 24.1 Å². The van der Waals surface area contributed by atoms with Gasteiger partial charge in [-0.3, -0.25) is 0 Å². The molecule has 0 fully saturated rings. The number of nitrogens with zero attached hydrogens (tertiary/aromatic N) is 3. The highest BCUT2D eigenvalue weighted by atomic mass is 32.1. The molecule has 1 N–H and O–H groups in total. The Bertz CT molecular complexity index is 867. The highest BCUT2D eigenvalue weighted by Crippen LogP contribution is 2.40. The fraction of sp³-hybridized carbons (Fsp3) is 0.368. The predicted molar refractivity (Wildman–Crippen MR) is 103 cm³/mol. The minimum absolute atomic E-state index is 0.739. The van der Waals surface area contributed by atoms with Crippen LogP contribution in [0.4, 0.5) is 17.2 Å². The monoisotopic (exact) mass is 338 g/mol. The van der Waals surface area contributed by atoms with Crippen LogP contribution in [0, 0.1) is 5.92 Å². The van der Waals surface area contributed by atoms with Gasteiger partial charge in [-0.25, -0.2) is 9.97 Å². The molecule has 0 saturated carbocycles. The minimum atomic E-state index is 0.739. The van der Waals surface area contributed by atoms with E-state index in [1.165, 1.54) is 34.4 Å². The first-order valence-electron chi connectivity index (χ1n) is 8.41. The molecule has 4 rings (SSSR count). The van der Waals surface area contributed by atoms with Gasteiger partial charge in [-0.15, -0.1) is 11.3 Å². The summed E-state index contributed by atoms with van der Waals surface area (Å²) in [5, 5.41) is 4.72. The molecule has 5 heteroatoms. The van der Waals surface area contributed by atoms with Crippen molar-refractivity contribution in [2.75, 3.05) is 24.3 Å². The Morgan fingerprint density at radius 1 is 1.17 bits per heavy atom. The van der Waals surface area contributed by atoms with Crippen LogP contribution in [0.25, 0.3) is 10.2 Å². The second kappa shape index (κ2) is 6.06. The van der Waals surface area contributed by atoms with Crippen molar-refractivity contribution >= 4 is 38.7 Å². The van der Waals surface area contributed by atoms with E-state index >= 15 is 0 Å². The predicted octanol–water partition coefficient (Wildman–Crippen LogP) is 4.63. The molecule has 2 aromatic heterocycles. The molecule has 0 spiro atoms. The quantitative estimate of drug-likeness (QED) is 0.756. The Morgan fingerprint density at radius 3 is 2.71 bits per heavy atom. The van der Waals surface area contributed by atoms with E-state index in [-0.39, 0.29) is 0 Å². The molecular weight excluding hydrogens is 316 g/mol. The van der Waals surface area contributed by atoms with Gasteiger partial charge in [0, 0.05) is 30.3 Å². The van der Waals surface area contributed by atoms with Crippen molar-refractivity contribution in [2.24, 2.45) is 5.92 Å². The summed E-state index contributed by atoms with van der Waals surface area (Å²) in [7, 11) is 4.10. The van der Waals surface area contributed by atoms with Crippen LogP contribution in [0.5, 0.6) is 0 Å². The highest BCUT2D eigenvalue weighted by Gasteiger charge is 2.23. The number of anilines is 3. The van der Waals surface area contributed by atoms with Crippen molar-refractivity contribution in [1.82, 2.24) is 9.97 Å². The fourth-order valence-electron chi connectivity index (χ4n) is 3.36. The summed E-state index contributed by atoms with van der Waals surface area (Å²) in [4.78, 5) is 13.8. The second-order valence-corrected chi connectivity index (χ2v) is 7.90. The molecule has 0 amide bonds. The summed E-state index contributed by atoms with van der Waals surface area (Å²) in [6.45, 7) is 2.34. The van der Waals surface area contributed by atoms with Crippen LogP contribution < -0.4 is 10.2 Å². The zero-order valence-corrected chi connectivity index (χ0v) is 15.2. The second-order valence-electron chi connectivity index (χ2n) is 6.82. The van der Waals surface area contributed by atoms with Crippen molar-refractivity contribution in [3.63, 3.8) is 0 Å². The van der Waals surface area contributed by atoms with Gasteiger partial charge < -0.3 is 10.2 Å². The van der Waals surface area contributed by atoms with Gasteiger partial charge in [-0.2, -0.15) is 0 Å². The lowest BCUT2D eigenvalue weighted by Crippen LogP contribution is -2.09. The van der Waals surface area contributed by atoms with E-state index in [2.05, 4.69) is 65.5 Å². The third-order valence-electron chi connectivity index (χ3n) is 4.73. The van der Waals surface area contributed by atoms with Crippen LogP contribution >= 0.6 is 11.3 Å². The Kier molecular flexibility index (Phi) is 3.88. The molecule has 0 saturated heterocycles. The lowest BCUT2D eigenvalue weighted by molar-refractivity contribution is 0.508. The van der Waals surface area contributed by atoms with Crippen LogP contribution in [-0.2, 0) is 12.8 Å². The zero-order valence-electron chi connectivity index (χ0n) is 14.3. The first-order valence-corrected chi connectivity index (χ1v) is 9.23. The molecule has 3 aromatic rings. The summed E-state index contributed by atoms with van der Waals surface area (Å²) >= 11 is 1.84. The first-order chi connectivity index (χ1) is 11.6. The Hall–Kier alpha value is -2.14. The molecule has 1 aliphatic rings. The SMILES string of the molecule is CC1CCc2sc3ncnc(Nc4ccc(N(C)C)cc4)c3c2C1. The molecule has 2 heterocycles. The smallest absolute Gasteiger partial charge is 0.142 e. The van der Waals surface area contributed by atoms with Crippen molar-refractivity contribution in [1.29, 1.82) is 0 Å². The first kappa shape index (κ1) is 15.4. The average molecular weight is 338 g/mol. The van der Waals surface area contributed by atoms with E-state index in [1.807, 2.05) is 11.3 Å². The Balaban J connectivity index is 1.72. The van der Waals surface area contributed by atoms with Crippen molar-refractivity contribution in [3.05, 3.63) is 41.0 Å². The molecule has 124 valence electrons. The largest absolute Gasteiger partial charge is 0.378 e. The highest BCUT2D eigenvalue weighted by molar-refractivity contribution is 7.19. The molecule has 24 heavy (non-hydrogen) atoms. The van der Waals surface area contributed by atoms with Crippen molar-refractivity contribution < 1.29 is 0 Å². The van der Waals surface area contributed by atoms with Crippen LogP contribution in [0.1, 0.15) is 23.8 Å². The number of benzene rings is 1. The molecule has 0 radical (unpaired) electrons. The van der Waals surface area contributed by atoms with Crippen LogP contribution in [0.3, 0.4) is 0 Å². The number of fused-ring (bicyclic) bond motifs is 3. The van der Waals surface area contributed by atoms with E-state index in [9.17, 15) is 0 Å². The average Bonchev–Trinajstić information content (AvgIpc) is 2.94. The number of nitrogens with one attached hydrogen (secondary N) is 1. The van der Waals surface area contributed by atoms with Crippen molar-refractivity contribution in [2.45, 2.75) is 26.2 Å². The van der Waals surface area contributed by atoms with E-state index in [0.29, 0.717) is 0 Å². The van der Waals surface area contributed by atoms with Gasteiger partial charge in [0.1, 0.15) is 17.0 Å². The standard InChI is InChI=1S/C19H22N4S/c1-12-4-9-16-15(10-12)17-18(20-11-21-19(17)24-16)22-13-5-7-14(8-6-13)23(2)3/h5-8,11-12H,4,9-10H2,1-3H3,(H,20,21,22). The van der Waals surface area contributed by atoms with Gasteiger partial charge >= 0.3 is 0 Å². The summed E-state index contributed by atoms with van der Waals surface area (Å²) < 4.78 is 0. The van der Waals surface area contributed by atoms with Gasteiger partial charge in [0.15, 0.2) is 0 Å². The topological polar surface area (TPSA) is 41.1 Å². The summed E-state index contributed by atoms with van der Waals surface area (Å²) in [6.07, 6.45) is 5.26. The van der Waals surface area contributed by atoms with Crippen molar-refractivity contribution in [3.8, 4) is 0 Å². The lowest BCUT2D eigenvalue weighted by Gasteiger charge is -2.18. The number of aryl methyl sites for hydroxylation is 1. The van der Waals surface area contributed by atoms with E-state index in [4.69, 9.17) is 0 Å². The van der Waals surface area contributed by atoms with Gasteiger partial charge in [0.05, 0.1) is 5.39 Å². The van der Waals surface area contributed by atoms with Gasteiger partial charge in [0.25, 0.3) is 0 Å². The Morgan fingerprint density at radius 2 is 1.96 bits per heavy atom. The minimum Gasteiger partial charge on any atom is -0.378 e. The van der Waals surface area contributed by atoms with E-state index in [1.54, 1.807) is 6.33 Å². The van der Waals surface area contributed by atoms with E-state index < -0.39 is 0 Å². The van der Waals surface area contributed by atoms with Crippen LogP contribution in [0.15, 0.2) is 30.6 Å². The molecular formula is C19H22N4S. The number of hydrogen-bond acceptors (Lipinski definition) is 5.